The van der Waals surface area contributed by atoms with Gasteiger partial charge in [0, 0.05) is 6.10 Å². The molecule has 174 valence electrons. The first-order valence-electron chi connectivity index (χ1n) is 13.3. The van der Waals surface area contributed by atoms with Crippen LogP contribution >= 0.6 is 0 Å². The standard InChI is InChI=1S/C26H50O2Si2/c1-9-26(28-30(6,7)8)17-15-24-23-12-10-19-18-20(27-29(3,4)5)11-13-21(19)22(23)14-16-25(24,26)2/h19-24H,9-18H2,1-8H3/t19-,20+,21?,22?,23?,24?,25+,26+/m1/s1. The molecule has 0 radical (unpaired) electrons. The van der Waals surface area contributed by atoms with Gasteiger partial charge in [0.15, 0.2) is 16.6 Å². The summed E-state index contributed by atoms with van der Waals surface area (Å²) >= 11 is 0. The Morgan fingerprint density at radius 1 is 0.767 bits per heavy atom. The summed E-state index contributed by atoms with van der Waals surface area (Å²) in [7, 11) is -2.96. The summed E-state index contributed by atoms with van der Waals surface area (Å²) in [5.74, 6) is 4.81. The lowest BCUT2D eigenvalue weighted by Crippen LogP contribution is -2.57. The number of hydrogen-bond acceptors (Lipinski definition) is 2. The minimum atomic E-state index is -1.55. The van der Waals surface area contributed by atoms with Crippen LogP contribution in [0.1, 0.15) is 78.1 Å². The SMILES string of the molecule is CC[C@]1(O[Si](C)(C)C)CCC2C3CC[C@@H]4C[C@@H](O[Si](C)(C)C)CCC4C3CC[C@@]21C. The van der Waals surface area contributed by atoms with E-state index < -0.39 is 16.6 Å². The Bertz CT molecular complexity index is 624. The van der Waals surface area contributed by atoms with Crippen LogP contribution in [-0.4, -0.2) is 28.3 Å². The fourth-order valence-corrected chi connectivity index (χ4v) is 11.8. The van der Waals surface area contributed by atoms with Gasteiger partial charge in [0.25, 0.3) is 0 Å². The average molecular weight is 451 g/mol. The van der Waals surface area contributed by atoms with Crippen molar-refractivity contribution in [1.82, 2.24) is 0 Å². The molecule has 0 saturated heterocycles. The van der Waals surface area contributed by atoms with Crippen LogP contribution in [0.2, 0.25) is 39.3 Å². The van der Waals surface area contributed by atoms with Gasteiger partial charge >= 0.3 is 0 Å². The second-order valence-electron chi connectivity index (χ2n) is 13.7. The van der Waals surface area contributed by atoms with Gasteiger partial charge in [-0.1, -0.05) is 13.8 Å². The van der Waals surface area contributed by atoms with E-state index in [1.807, 2.05) is 0 Å². The predicted octanol–water partition coefficient (Wildman–Crippen LogP) is 7.86. The Kier molecular flexibility index (Phi) is 6.26. The zero-order chi connectivity index (χ0) is 21.9. The molecule has 4 aliphatic rings. The van der Waals surface area contributed by atoms with Gasteiger partial charge in [0.2, 0.25) is 0 Å². The van der Waals surface area contributed by atoms with Crippen LogP contribution < -0.4 is 0 Å². The second kappa shape index (κ2) is 7.99. The monoisotopic (exact) mass is 450 g/mol. The highest BCUT2D eigenvalue weighted by Gasteiger charge is 2.63. The summed E-state index contributed by atoms with van der Waals surface area (Å²) in [6.45, 7) is 19.4. The third kappa shape index (κ3) is 4.17. The Labute approximate surface area is 189 Å². The number of fused-ring (bicyclic) bond motifs is 5. The molecular weight excluding hydrogens is 400 g/mol. The van der Waals surface area contributed by atoms with Gasteiger partial charge in [0.05, 0.1) is 5.60 Å². The normalized spacial score (nSPS) is 46.8. The van der Waals surface area contributed by atoms with Crippen LogP contribution in [0.4, 0.5) is 0 Å². The Morgan fingerprint density at radius 3 is 2.10 bits per heavy atom. The average Bonchev–Trinajstić information content (AvgIpc) is 2.91. The third-order valence-corrected chi connectivity index (χ3v) is 11.8. The number of rotatable bonds is 5. The molecule has 0 spiro atoms. The zero-order valence-electron chi connectivity index (χ0n) is 21.4. The van der Waals surface area contributed by atoms with Crippen LogP contribution in [0.25, 0.3) is 0 Å². The highest BCUT2D eigenvalue weighted by atomic mass is 28.4. The summed E-state index contributed by atoms with van der Waals surface area (Å²) in [4.78, 5) is 0. The summed E-state index contributed by atoms with van der Waals surface area (Å²) < 4.78 is 13.6. The van der Waals surface area contributed by atoms with Crippen LogP contribution in [0.3, 0.4) is 0 Å². The smallest absolute Gasteiger partial charge is 0.184 e. The second-order valence-corrected chi connectivity index (χ2v) is 22.5. The van der Waals surface area contributed by atoms with Crippen LogP contribution in [0, 0.1) is 35.0 Å². The third-order valence-electron chi connectivity index (χ3n) is 9.79. The maximum Gasteiger partial charge on any atom is 0.184 e. The molecule has 0 heterocycles. The van der Waals surface area contributed by atoms with Crippen LogP contribution in [-0.2, 0) is 8.85 Å². The highest BCUT2D eigenvalue weighted by molar-refractivity contribution is 6.70. The molecule has 0 aliphatic heterocycles. The molecule has 30 heavy (non-hydrogen) atoms. The van der Waals surface area contributed by atoms with Gasteiger partial charge in [-0.25, -0.2) is 0 Å². The van der Waals surface area contributed by atoms with Gasteiger partial charge in [-0.2, -0.15) is 0 Å². The molecule has 4 aliphatic carbocycles. The van der Waals surface area contributed by atoms with Crippen molar-refractivity contribution in [2.45, 2.75) is 129 Å². The van der Waals surface area contributed by atoms with Gasteiger partial charge in [-0.15, -0.1) is 0 Å². The molecule has 4 rings (SSSR count). The topological polar surface area (TPSA) is 18.5 Å². The molecule has 4 saturated carbocycles. The van der Waals surface area contributed by atoms with E-state index in [0.29, 0.717) is 11.5 Å². The van der Waals surface area contributed by atoms with Crippen LogP contribution in [0.15, 0.2) is 0 Å². The van der Waals surface area contributed by atoms with Crippen molar-refractivity contribution in [2.75, 3.05) is 0 Å². The van der Waals surface area contributed by atoms with E-state index in [-0.39, 0.29) is 5.60 Å². The maximum absolute atomic E-state index is 7.08. The van der Waals surface area contributed by atoms with Crippen LogP contribution in [0.5, 0.6) is 0 Å². The summed E-state index contributed by atoms with van der Waals surface area (Å²) in [5, 5.41) is 0. The summed E-state index contributed by atoms with van der Waals surface area (Å²) in [5.41, 5.74) is 0.570. The molecule has 0 bridgehead atoms. The lowest BCUT2D eigenvalue weighted by Gasteiger charge is -2.59. The van der Waals surface area contributed by atoms with Gasteiger partial charge in [-0.3, -0.25) is 0 Å². The van der Waals surface area contributed by atoms with E-state index in [2.05, 4.69) is 53.1 Å². The van der Waals surface area contributed by atoms with Crippen molar-refractivity contribution >= 4 is 16.6 Å². The molecule has 0 aromatic heterocycles. The molecule has 0 N–H and O–H groups in total. The Morgan fingerprint density at radius 2 is 1.47 bits per heavy atom. The summed E-state index contributed by atoms with van der Waals surface area (Å²) in [6, 6.07) is 0. The van der Waals surface area contributed by atoms with Gasteiger partial charge in [-0.05, 0) is 138 Å². The first-order valence-corrected chi connectivity index (χ1v) is 20.1. The molecule has 4 unspecified atom stereocenters. The van der Waals surface area contributed by atoms with Gasteiger partial charge in [0.1, 0.15) is 0 Å². The van der Waals surface area contributed by atoms with Crippen molar-refractivity contribution < 1.29 is 8.85 Å². The molecule has 0 amide bonds. The minimum Gasteiger partial charge on any atom is -0.415 e. The van der Waals surface area contributed by atoms with E-state index in [9.17, 15) is 0 Å². The minimum absolute atomic E-state index is 0.160. The van der Waals surface area contributed by atoms with Crippen molar-refractivity contribution in [3.63, 3.8) is 0 Å². The van der Waals surface area contributed by atoms with E-state index in [1.54, 1.807) is 0 Å². The van der Waals surface area contributed by atoms with E-state index in [0.717, 1.165) is 29.6 Å². The van der Waals surface area contributed by atoms with Gasteiger partial charge < -0.3 is 8.85 Å². The highest BCUT2D eigenvalue weighted by Crippen LogP contribution is 2.67. The van der Waals surface area contributed by atoms with E-state index >= 15 is 0 Å². The molecular formula is C26H50O2Si2. The molecule has 0 aromatic rings. The molecule has 4 heteroatoms. The lowest BCUT2D eigenvalue weighted by atomic mass is 9.49. The van der Waals surface area contributed by atoms with Crippen molar-refractivity contribution in [3.8, 4) is 0 Å². The van der Waals surface area contributed by atoms with Crippen molar-refractivity contribution in [2.24, 2.45) is 35.0 Å². The van der Waals surface area contributed by atoms with E-state index in [1.165, 1.54) is 64.2 Å². The Balaban J connectivity index is 1.49. The number of hydrogen-bond donors (Lipinski definition) is 0. The van der Waals surface area contributed by atoms with Crippen molar-refractivity contribution in [3.05, 3.63) is 0 Å². The fourth-order valence-electron chi connectivity index (χ4n) is 8.92. The molecule has 4 fully saturated rings. The van der Waals surface area contributed by atoms with Crippen molar-refractivity contribution in [1.29, 1.82) is 0 Å². The Hall–Kier alpha value is 0.354. The first-order chi connectivity index (χ1) is 13.9. The predicted molar refractivity (Wildman–Crippen MR) is 133 cm³/mol. The molecule has 8 atom stereocenters. The fraction of sp³-hybridized carbons (Fsp3) is 1.00. The zero-order valence-corrected chi connectivity index (χ0v) is 23.4. The first kappa shape index (κ1) is 23.5. The lowest BCUT2D eigenvalue weighted by molar-refractivity contribution is -0.126. The maximum atomic E-state index is 7.08. The largest absolute Gasteiger partial charge is 0.415 e. The van der Waals surface area contributed by atoms with E-state index in [4.69, 9.17) is 8.85 Å². The summed E-state index contributed by atoms with van der Waals surface area (Å²) in [6.07, 6.45) is 14.5. The molecule has 2 nitrogen and oxygen atoms in total. The molecule has 0 aromatic carbocycles. The quantitative estimate of drug-likeness (QED) is 0.397.